The van der Waals surface area contributed by atoms with Crippen molar-refractivity contribution in [2.24, 2.45) is 5.73 Å². The number of nitrogens with one attached hydrogen (secondary N) is 1. The fraction of sp³-hybridized carbons (Fsp3) is 0. The van der Waals surface area contributed by atoms with Crippen LogP contribution in [0.3, 0.4) is 0 Å². The van der Waals surface area contributed by atoms with Crippen LogP contribution < -0.4 is 11.2 Å². The van der Waals surface area contributed by atoms with Crippen LogP contribution in [0.15, 0.2) is 54.9 Å². The molecule has 0 atom stereocenters. The SMILES string of the molecule is NC(=O)c1ccccc1.O=C(O)N1C=CC=CN1. The molecule has 0 saturated heterocycles. The first-order chi connectivity index (χ1) is 8.61. The van der Waals surface area contributed by atoms with Gasteiger partial charge in [-0.25, -0.2) is 4.79 Å². The molecule has 2 amide bonds. The average Bonchev–Trinajstić information content (AvgIpc) is 2.41. The summed E-state index contributed by atoms with van der Waals surface area (Å²) < 4.78 is 0. The summed E-state index contributed by atoms with van der Waals surface area (Å²) in [5, 5.41) is 9.27. The molecule has 0 unspecified atom stereocenters. The lowest BCUT2D eigenvalue weighted by atomic mass is 10.2. The average molecular weight is 247 g/mol. The largest absolute Gasteiger partial charge is 0.463 e. The van der Waals surface area contributed by atoms with E-state index in [0.29, 0.717) is 5.56 Å². The van der Waals surface area contributed by atoms with Crippen molar-refractivity contribution in [1.29, 1.82) is 0 Å². The molecule has 0 spiro atoms. The molecule has 1 aromatic carbocycles. The van der Waals surface area contributed by atoms with E-state index >= 15 is 0 Å². The highest BCUT2D eigenvalue weighted by molar-refractivity contribution is 5.92. The molecule has 0 fully saturated rings. The molecule has 18 heavy (non-hydrogen) atoms. The molecule has 6 heteroatoms. The van der Waals surface area contributed by atoms with Crippen molar-refractivity contribution in [2.75, 3.05) is 0 Å². The van der Waals surface area contributed by atoms with Crippen LogP contribution in [0.4, 0.5) is 4.79 Å². The summed E-state index contributed by atoms with van der Waals surface area (Å²) in [5.41, 5.74) is 8.01. The fourth-order valence-electron chi connectivity index (χ4n) is 1.08. The number of nitrogens with two attached hydrogens (primary N) is 1. The van der Waals surface area contributed by atoms with E-state index in [1.54, 1.807) is 36.4 Å². The Morgan fingerprint density at radius 2 is 1.83 bits per heavy atom. The maximum absolute atomic E-state index is 10.4. The van der Waals surface area contributed by atoms with Crippen LogP contribution in [0.1, 0.15) is 10.4 Å². The summed E-state index contributed by atoms with van der Waals surface area (Å²) in [6, 6.07) is 8.76. The highest BCUT2D eigenvalue weighted by atomic mass is 16.4. The van der Waals surface area contributed by atoms with Gasteiger partial charge in [-0.2, -0.15) is 5.01 Å². The zero-order valence-corrected chi connectivity index (χ0v) is 9.48. The zero-order valence-electron chi connectivity index (χ0n) is 9.48. The van der Waals surface area contributed by atoms with E-state index in [-0.39, 0.29) is 5.91 Å². The number of carboxylic acid groups (broad SMARTS) is 1. The minimum Gasteiger partial charge on any atom is -0.463 e. The van der Waals surface area contributed by atoms with Crippen molar-refractivity contribution in [3.05, 3.63) is 60.4 Å². The molecule has 6 nitrogen and oxygen atoms in total. The van der Waals surface area contributed by atoms with Gasteiger partial charge in [-0.15, -0.1) is 0 Å². The molecule has 0 aliphatic carbocycles. The number of rotatable bonds is 1. The summed E-state index contributed by atoms with van der Waals surface area (Å²) in [7, 11) is 0. The molecule has 2 rings (SSSR count). The fourth-order valence-corrected chi connectivity index (χ4v) is 1.08. The quantitative estimate of drug-likeness (QED) is 0.696. The third kappa shape index (κ3) is 4.40. The van der Waals surface area contributed by atoms with Crippen LogP contribution in [0.2, 0.25) is 0 Å². The van der Waals surface area contributed by atoms with E-state index < -0.39 is 6.09 Å². The Morgan fingerprint density at radius 3 is 2.17 bits per heavy atom. The zero-order chi connectivity index (χ0) is 13.4. The second-order valence-electron chi connectivity index (χ2n) is 3.21. The summed E-state index contributed by atoms with van der Waals surface area (Å²) in [6.45, 7) is 0. The predicted octanol–water partition coefficient (Wildman–Crippen LogP) is 1.30. The van der Waals surface area contributed by atoms with Gasteiger partial charge >= 0.3 is 6.09 Å². The second kappa shape index (κ2) is 6.74. The van der Waals surface area contributed by atoms with Gasteiger partial charge in [-0.3, -0.25) is 10.2 Å². The van der Waals surface area contributed by atoms with Crippen molar-refractivity contribution in [1.82, 2.24) is 10.4 Å². The van der Waals surface area contributed by atoms with E-state index in [4.69, 9.17) is 10.8 Å². The van der Waals surface area contributed by atoms with Gasteiger partial charge in [0.15, 0.2) is 0 Å². The topological polar surface area (TPSA) is 95.7 Å². The highest BCUT2D eigenvalue weighted by Crippen LogP contribution is 1.94. The minimum atomic E-state index is -1.02. The molecule has 4 N–H and O–H groups in total. The van der Waals surface area contributed by atoms with Gasteiger partial charge < -0.3 is 10.8 Å². The number of hydrogen-bond donors (Lipinski definition) is 3. The number of benzene rings is 1. The molecule has 1 aliphatic rings. The van der Waals surface area contributed by atoms with Crippen molar-refractivity contribution < 1.29 is 14.7 Å². The summed E-state index contributed by atoms with van der Waals surface area (Å²) >= 11 is 0. The number of carbonyl (C=O) groups excluding carboxylic acids is 1. The van der Waals surface area contributed by atoms with Gasteiger partial charge in [0.1, 0.15) is 0 Å². The van der Waals surface area contributed by atoms with Gasteiger partial charge in [0, 0.05) is 18.0 Å². The monoisotopic (exact) mass is 247 g/mol. The summed E-state index contributed by atoms with van der Waals surface area (Å²) in [6.07, 6.45) is 5.27. The summed E-state index contributed by atoms with van der Waals surface area (Å²) in [4.78, 5) is 20.6. The van der Waals surface area contributed by atoms with E-state index in [9.17, 15) is 9.59 Å². The number of allylic oxidation sites excluding steroid dienone is 2. The minimum absolute atomic E-state index is 0.379. The first kappa shape index (κ1) is 13.3. The molecule has 0 aromatic heterocycles. The number of carbonyl (C=O) groups is 2. The Hall–Kier alpha value is -2.76. The van der Waals surface area contributed by atoms with E-state index in [1.807, 2.05) is 6.07 Å². The van der Waals surface area contributed by atoms with Crippen LogP contribution in [0.25, 0.3) is 0 Å². The van der Waals surface area contributed by atoms with E-state index in [2.05, 4.69) is 5.43 Å². The number of nitrogens with zero attached hydrogens (tertiary/aromatic N) is 1. The highest BCUT2D eigenvalue weighted by Gasteiger charge is 2.05. The van der Waals surface area contributed by atoms with Crippen LogP contribution in [0.5, 0.6) is 0 Å². The number of amides is 2. The smallest absolute Gasteiger partial charge is 0.430 e. The molecule has 94 valence electrons. The molecule has 1 heterocycles. The van der Waals surface area contributed by atoms with Gasteiger partial charge in [0.05, 0.1) is 0 Å². The van der Waals surface area contributed by atoms with Crippen LogP contribution >= 0.6 is 0 Å². The molecule has 0 radical (unpaired) electrons. The number of hydrazine groups is 1. The Kier molecular flexibility index (Phi) is 4.98. The van der Waals surface area contributed by atoms with Gasteiger partial charge in [-0.1, -0.05) is 18.2 Å². The van der Waals surface area contributed by atoms with Gasteiger partial charge in [0.2, 0.25) is 5.91 Å². The Balaban J connectivity index is 0.000000180. The van der Waals surface area contributed by atoms with E-state index in [0.717, 1.165) is 5.01 Å². The second-order valence-corrected chi connectivity index (χ2v) is 3.21. The van der Waals surface area contributed by atoms with Crippen molar-refractivity contribution in [2.45, 2.75) is 0 Å². The standard InChI is InChI=1S/C7H7NO.C5H6N2O2/c8-7(9)6-4-2-1-3-5-6;8-5(9)7-4-2-1-3-6-7/h1-5H,(H2,8,9);1-4,6H,(H,8,9). The Labute approximate surface area is 104 Å². The maximum atomic E-state index is 10.4. The third-order valence-electron chi connectivity index (χ3n) is 1.92. The number of hydrogen-bond acceptors (Lipinski definition) is 3. The van der Waals surface area contributed by atoms with Crippen molar-refractivity contribution in [3.8, 4) is 0 Å². The van der Waals surface area contributed by atoms with Crippen LogP contribution in [-0.4, -0.2) is 22.1 Å². The first-order valence-electron chi connectivity index (χ1n) is 5.08. The van der Waals surface area contributed by atoms with Gasteiger partial charge in [-0.05, 0) is 24.3 Å². The van der Waals surface area contributed by atoms with Crippen molar-refractivity contribution in [3.63, 3.8) is 0 Å². The molecular formula is C12H13N3O3. The lowest BCUT2D eigenvalue weighted by Gasteiger charge is -2.14. The first-order valence-corrected chi connectivity index (χ1v) is 5.08. The molecule has 0 saturated carbocycles. The van der Waals surface area contributed by atoms with Crippen LogP contribution in [-0.2, 0) is 0 Å². The lowest BCUT2D eigenvalue weighted by Crippen LogP contribution is -2.34. The normalized spacial score (nSPS) is 12.1. The Morgan fingerprint density at radius 1 is 1.17 bits per heavy atom. The van der Waals surface area contributed by atoms with Crippen molar-refractivity contribution >= 4 is 12.0 Å². The predicted molar refractivity (Wildman–Crippen MR) is 66.2 cm³/mol. The molecule has 0 bridgehead atoms. The molecule has 1 aliphatic heterocycles. The van der Waals surface area contributed by atoms with Crippen LogP contribution in [0, 0.1) is 0 Å². The molecule has 1 aromatic rings. The Bertz CT molecular complexity index is 469. The molecular weight excluding hydrogens is 234 g/mol. The summed E-state index contributed by atoms with van der Waals surface area (Å²) in [5.74, 6) is -0.379. The third-order valence-corrected chi connectivity index (χ3v) is 1.92. The maximum Gasteiger partial charge on any atom is 0.430 e. The van der Waals surface area contributed by atoms with Gasteiger partial charge in [0.25, 0.3) is 0 Å². The lowest BCUT2D eigenvalue weighted by molar-refractivity contribution is 0.1000. The van der Waals surface area contributed by atoms with E-state index in [1.165, 1.54) is 12.4 Å². The number of primary amides is 1.